The van der Waals surface area contributed by atoms with Crippen molar-refractivity contribution in [2.75, 3.05) is 18.0 Å². The molecule has 140 valence electrons. The van der Waals surface area contributed by atoms with Gasteiger partial charge in [-0.05, 0) is 31.5 Å². The lowest BCUT2D eigenvalue weighted by molar-refractivity contribution is 0.459. The molecule has 1 aliphatic rings. The van der Waals surface area contributed by atoms with E-state index in [2.05, 4.69) is 30.9 Å². The lowest BCUT2D eigenvalue weighted by Gasteiger charge is -2.32. The van der Waals surface area contributed by atoms with Crippen LogP contribution in [0.1, 0.15) is 23.4 Å². The first kappa shape index (κ1) is 17.8. The van der Waals surface area contributed by atoms with Gasteiger partial charge in [-0.3, -0.25) is 0 Å². The third kappa shape index (κ3) is 3.61. The summed E-state index contributed by atoms with van der Waals surface area (Å²) in [5.41, 5.74) is 7.61. The van der Waals surface area contributed by atoms with E-state index in [9.17, 15) is 5.26 Å². The third-order valence-corrected chi connectivity index (χ3v) is 4.49. The van der Waals surface area contributed by atoms with Crippen LogP contribution in [0.4, 0.5) is 5.82 Å². The van der Waals surface area contributed by atoms with Gasteiger partial charge in [0, 0.05) is 43.7 Å². The van der Waals surface area contributed by atoms with Gasteiger partial charge >= 0.3 is 0 Å². The number of nitrogens with two attached hydrogens (primary N) is 1. The first-order valence-corrected chi connectivity index (χ1v) is 9.00. The highest BCUT2D eigenvalue weighted by molar-refractivity contribution is 5.66. The Labute approximate surface area is 162 Å². The fourth-order valence-corrected chi connectivity index (χ4v) is 2.86. The summed E-state index contributed by atoms with van der Waals surface area (Å²) in [5, 5.41) is 9.28. The third-order valence-electron chi connectivity index (χ3n) is 4.49. The smallest absolute Gasteiger partial charge is 0.224 e. The molecule has 3 aromatic rings. The Hall–Kier alpha value is -3.57. The van der Waals surface area contributed by atoms with Gasteiger partial charge in [0.2, 0.25) is 5.88 Å². The topological polar surface area (TPSA) is 114 Å². The maximum absolute atomic E-state index is 9.28. The monoisotopic (exact) mass is 373 g/mol. The summed E-state index contributed by atoms with van der Waals surface area (Å²) < 4.78 is 6.07. The van der Waals surface area contributed by atoms with E-state index in [1.54, 1.807) is 30.6 Å². The molecule has 0 radical (unpaired) electrons. The van der Waals surface area contributed by atoms with Gasteiger partial charge in [0.05, 0.1) is 17.2 Å². The van der Waals surface area contributed by atoms with Crippen molar-refractivity contribution >= 4 is 5.82 Å². The molecule has 0 bridgehead atoms. The zero-order valence-corrected chi connectivity index (χ0v) is 15.5. The quantitative estimate of drug-likeness (QED) is 0.726. The summed E-state index contributed by atoms with van der Waals surface area (Å²) in [5.74, 6) is 2.85. The van der Waals surface area contributed by atoms with Crippen LogP contribution in [0.25, 0.3) is 11.4 Å². The molecule has 1 saturated heterocycles. The Kier molecular flexibility index (Phi) is 4.83. The SMILES string of the molecule is Cc1nc(Oc2cc(C#N)ccc2-c2ncc(CN)cn2)cc(N2CCC2)n1. The van der Waals surface area contributed by atoms with Crippen LogP contribution in [-0.2, 0) is 6.54 Å². The maximum Gasteiger partial charge on any atom is 0.224 e. The van der Waals surface area contributed by atoms with Crippen molar-refractivity contribution in [3.63, 3.8) is 0 Å². The molecule has 0 spiro atoms. The van der Waals surface area contributed by atoms with Crippen LogP contribution in [0, 0.1) is 18.3 Å². The van der Waals surface area contributed by atoms with Gasteiger partial charge in [-0.2, -0.15) is 10.2 Å². The predicted molar refractivity (Wildman–Crippen MR) is 104 cm³/mol. The maximum atomic E-state index is 9.28. The van der Waals surface area contributed by atoms with Gasteiger partial charge in [0.1, 0.15) is 17.4 Å². The molecule has 2 N–H and O–H groups in total. The first-order valence-electron chi connectivity index (χ1n) is 9.00. The van der Waals surface area contributed by atoms with E-state index < -0.39 is 0 Å². The zero-order valence-electron chi connectivity index (χ0n) is 15.5. The van der Waals surface area contributed by atoms with Crippen LogP contribution in [-0.4, -0.2) is 33.0 Å². The van der Waals surface area contributed by atoms with Crippen molar-refractivity contribution in [1.82, 2.24) is 19.9 Å². The molecule has 2 aromatic heterocycles. The number of nitriles is 1. The van der Waals surface area contributed by atoms with E-state index in [0.717, 1.165) is 30.9 Å². The van der Waals surface area contributed by atoms with Crippen molar-refractivity contribution in [3.05, 3.63) is 53.6 Å². The van der Waals surface area contributed by atoms with Gasteiger partial charge in [0.25, 0.3) is 0 Å². The molecule has 0 unspecified atom stereocenters. The number of aromatic nitrogens is 4. The second-order valence-electron chi connectivity index (χ2n) is 6.50. The number of hydrogen-bond acceptors (Lipinski definition) is 8. The molecule has 3 heterocycles. The first-order chi connectivity index (χ1) is 13.7. The van der Waals surface area contributed by atoms with E-state index in [4.69, 9.17) is 10.5 Å². The van der Waals surface area contributed by atoms with Crippen LogP contribution in [0.15, 0.2) is 36.7 Å². The minimum atomic E-state index is 0.372. The summed E-state index contributed by atoms with van der Waals surface area (Å²) in [6.07, 6.45) is 4.52. The highest BCUT2D eigenvalue weighted by atomic mass is 16.5. The Morgan fingerprint density at radius 3 is 2.61 bits per heavy atom. The van der Waals surface area contributed by atoms with Crippen LogP contribution < -0.4 is 15.4 Å². The van der Waals surface area contributed by atoms with E-state index in [1.165, 1.54) is 0 Å². The van der Waals surface area contributed by atoms with Crippen molar-refractivity contribution in [2.24, 2.45) is 5.73 Å². The minimum Gasteiger partial charge on any atom is -0.438 e. The van der Waals surface area contributed by atoms with Gasteiger partial charge < -0.3 is 15.4 Å². The molecule has 4 rings (SSSR count). The molecular formula is C20H19N7O. The number of ether oxygens (including phenoxy) is 1. The number of benzene rings is 1. The van der Waals surface area contributed by atoms with E-state index in [1.807, 2.05) is 13.0 Å². The Bertz CT molecular complexity index is 1040. The van der Waals surface area contributed by atoms with Crippen LogP contribution in [0.2, 0.25) is 0 Å². The normalized spacial score (nSPS) is 13.0. The minimum absolute atomic E-state index is 0.372. The molecule has 8 nitrogen and oxygen atoms in total. The average molecular weight is 373 g/mol. The van der Waals surface area contributed by atoms with E-state index >= 15 is 0 Å². The zero-order chi connectivity index (χ0) is 19.5. The molecule has 28 heavy (non-hydrogen) atoms. The number of nitrogens with zero attached hydrogens (tertiary/aromatic N) is 6. The lowest BCUT2D eigenvalue weighted by atomic mass is 10.1. The molecule has 0 atom stereocenters. The molecule has 0 saturated carbocycles. The molecule has 1 aliphatic heterocycles. The Balaban J connectivity index is 1.72. The van der Waals surface area contributed by atoms with Gasteiger partial charge in [-0.15, -0.1) is 0 Å². The fraction of sp³-hybridized carbons (Fsp3) is 0.250. The summed E-state index contributed by atoms with van der Waals surface area (Å²) in [6, 6.07) is 9.09. The molecular weight excluding hydrogens is 354 g/mol. The number of hydrogen-bond donors (Lipinski definition) is 1. The molecule has 0 amide bonds. The van der Waals surface area contributed by atoms with Crippen molar-refractivity contribution in [3.8, 4) is 29.1 Å². The summed E-state index contributed by atoms with van der Waals surface area (Å²) in [7, 11) is 0. The van der Waals surface area contributed by atoms with Crippen LogP contribution in [0.5, 0.6) is 11.6 Å². The number of aryl methyl sites for hydroxylation is 1. The molecule has 0 aliphatic carbocycles. The van der Waals surface area contributed by atoms with E-state index in [0.29, 0.717) is 40.9 Å². The van der Waals surface area contributed by atoms with Gasteiger partial charge in [-0.25, -0.2) is 15.0 Å². The standard InChI is InChI=1S/C20H19N7O/c1-13-25-18(27-5-2-6-27)8-19(26-13)28-17-7-14(9-21)3-4-16(17)20-23-11-15(10-22)12-24-20/h3-4,7-8,11-12H,2,5-6,10,22H2,1H3. The number of rotatable bonds is 5. The van der Waals surface area contributed by atoms with Crippen molar-refractivity contribution < 1.29 is 4.74 Å². The molecule has 1 aromatic carbocycles. The Morgan fingerprint density at radius 2 is 1.96 bits per heavy atom. The summed E-state index contributed by atoms with van der Waals surface area (Å²) in [4.78, 5) is 19.8. The summed E-state index contributed by atoms with van der Waals surface area (Å²) in [6.45, 7) is 4.16. The van der Waals surface area contributed by atoms with Crippen LogP contribution >= 0.6 is 0 Å². The van der Waals surface area contributed by atoms with Crippen molar-refractivity contribution in [1.29, 1.82) is 5.26 Å². The highest BCUT2D eigenvalue weighted by Gasteiger charge is 2.18. The van der Waals surface area contributed by atoms with Crippen molar-refractivity contribution in [2.45, 2.75) is 19.9 Å². The Morgan fingerprint density at radius 1 is 1.18 bits per heavy atom. The largest absolute Gasteiger partial charge is 0.438 e. The number of anilines is 1. The highest BCUT2D eigenvalue weighted by Crippen LogP contribution is 2.33. The second kappa shape index (κ2) is 7.58. The summed E-state index contributed by atoms with van der Waals surface area (Å²) >= 11 is 0. The lowest BCUT2D eigenvalue weighted by Crippen LogP contribution is -2.37. The van der Waals surface area contributed by atoms with Crippen LogP contribution in [0.3, 0.4) is 0 Å². The van der Waals surface area contributed by atoms with E-state index in [-0.39, 0.29) is 0 Å². The second-order valence-corrected chi connectivity index (χ2v) is 6.50. The molecule has 8 heteroatoms. The predicted octanol–water partition coefficient (Wildman–Crippen LogP) is 2.57. The average Bonchev–Trinajstić information content (AvgIpc) is 2.66. The van der Waals surface area contributed by atoms with Gasteiger partial charge in [-0.1, -0.05) is 0 Å². The van der Waals surface area contributed by atoms with Gasteiger partial charge in [0.15, 0.2) is 5.82 Å². The molecule has 1 fully saturated rings. The fourth-order valence-electron chi connectivity index (χ4n) is 2.86.